The molecule has 1 fully saturated rings. The highest BCUT2D eigenvalue weighted by atomic mass is 19.1. The molecule has 134 valence electrons. The molecule has 1 aliphatic rings. The highest BCUT2D eigenvalue weighted by Crippen LogP contribution is 2.37. The van der Waals surface area contributed by atoms with Gasteiger partial charge in [-0.1, -0.05) is 6.07 Å². The minimum Gasteiger partial charge on any atom is -0.385 e. The number of benzene rings is 1. The van der Waals surface area contributed by atoms with Crippen LogP contribution in [0.25, 0.3) is 0 Å². The maximum absolute atomic E-state index is 14.0. The van der Waals surface area contributed by atoms with Crippen LogP contribution in [0, 0.1) is 18.6 Å². The quantitative estimate of drug-likeness (QED) is 0.893. The van der Waals surface area contributed by atoms with E-state index in [0.29, 0.717) is 24.6 Å². The minimum absolute atomic E-state index is 0.164. The van der Waals surface area contributed by atoms with Gasteiger partial charge in [-0.15, -0.1) is 0 Å². The van der Waals surface area contributed by atoms with Crippen molar-refractivity contribution in [2.24, 2.45) is 0 Å². The molecule has 2 heterocycles. The van der Waals surface area contributed by atoms with Gasteiger partial charge in [-0.2, -0.15) is 0 Å². The third-order valence-electron chi connectivity index (χ3n) is 4.88. The Morgan fingerprint density at radius 2 is 1.88 bits per heavy atom. The van der Waals surface area contributed by atoms with Crippen LogP contribution in [0.15, 0.2) is 29.1 Å². The second-order valence-electron chi connectivity index (χ2n) is 6.61. The Kier molecular flexibility index (Phi) is 4.71. The van der Waals surface area contributed by atoms with Crippen LogP contribution in [0.4, 0.5) is 8.78 Å². The fraction of sp³-hybridized carbons (Fsp3) is 0.444. The number of rotatable bonds is 3. The molecule has 2 N–H and O–H groups in total. The predicted octanol–water partition coefficient (Wildman–Crippen LogP) is 2.40. The standard InChI is InChI=1S/C18H21F2N3O2/c1-11-10-15(24)22-17(21-11)12(2)23-8-6-18(25,7-9-23)16-13(19)4-3-5-14(16)20/h3-5,10,12,25H,6-9H2,1-2H3,(H,21,22,24)/t12-/m1/s1. The number of aromatic nitrogens is 2. The lowest BCUT2D eigenvalue weighted by Crippen LogP contribution is -2.44. The molecule has 3 rings (SSSR count). The maximum atomic E-state index is 14.0. The Balaban J connectivity index is 1.78. The van der Waals surface area contributed by atoms with Crippen molar-refractivity contribution >= 4 is 0 Å². The van der Waals surface area contributed by atoms with Gasteiger partial charge in [0, 0.05) is 24.8 Å². The van der Waals surface area contributed by atoms with E-state index in [0.717, 1.165) is 12.1 Å². The van der Waals surface area contributed by atoms with E-state index in [1.165, 1.54) is 12.1 Å². The number of hydrogen-bond acceptors (Lipinski definition) is 4. The summed E-state index contributed by atoms with van der Waals surface area (Å²) in [6.07, 6.45) is 0.399. The third-order valence-corrected chi connectivity index (χ3v) is 4.88. The number of aromatic amines is 1. The van der Waals surface area contributed by atoms with E-state index in [1.54, 1.807) is 6.92 Å². The average molecular weight is 349 g/mol. The van der Waals surface area contributed by atoms with Crippen LogP contribution >= 0.6 is 0 Å². The number of likely N-dealkylation sites (tertiary alicyclic amines) is 1. The fourth-order valence-electron chi connectivity index (χ4n) is 3.45. The van der Waals surface area contributed by atoms with E-state index in [9.17, 15) is 18.7 Å². The Morgan fingerprint density at radius 3 is 2.44 bits per heavy atom. The summed E-state index contributed by atoms with van der Waals surface area (Å²) < 4.78 is 28.1. The van der Waals surface area contributed by atoms with Gasteiger partial charge in [0.15, 0.2) is 0 Å². The lowest BCUT2D eigenvalue weighted by Gasteiger charge is -2.40. The second kappa shape index (κ2) is 6.65. The van der Waals surface area contributed by atoms with E-state index in [1.807, 2.05) is 11.8 Å². The minimum atomic E-state index is -1.53. The molecule has 1 aromatic heterocycles. The molecule has 0 unspecified atom stereocenters. The van der Waals surface area contributed by atoms with Gasteiger partial charge in [-0.3, -0.25) is 9.69 Å². The Bertz CT molecular complexity index is 809. The summed E-state index contributed by atoms with van der Waals surface area (Å²) in [7, 11) is 0. The first-order valence-corrected chi connectivity index (χ1v) is 8.29. The number of aliphatic hydroxyl groups is 1. The molecular weight excluding hydrogens is 328 g/mol. The van der Waals surface area contributed by atoms with E-state index < -0.39 is 17.2 Å². The van der Waals surface area contributed by atoms with Gasteiger partial charge < -0.3 is 10.1 Å². The summed E-state index contributed by atoms with van der Waals surface area (Å²) in [6.45, 7) is 4.53. The number of H-pyrrole nitrogens is 1. The van der Waals surface area contributed by atoms with Crippen molar-refractivity contribution in [3.05, 3.63) is 63.3 Å². The van der Waals surface area contributed by atoms with Crippen molar-refractivity contribution in [1.29, 1.82) is 0 Å². The summed E-state index contributed by atoms with van der Waals surface area (Å²) in [4.78, 5) is 20.7. The number of aryl methyl sites for hydroxylation is 1. The smallest absolute Gasteiger partial charge is 0.251 e. The molecule has 0 bridgehead atoms. The highest BCUT2D eigenvalue weighted by molar-refractivity contribution is 5.27. The monoisotopic (exact) mass is 349 g/mol. The fourth-order valence-corrected chi connectivity index (χ4v) is 3.45. The van der Waals surface area contributed by atoms with Crippen LogP contribution in [-0.4, -0.2) is 33.1 Å². The molecule has 2 aromatic rings. The number of halogens is 2. The van der Waals surface area contributed by atoms with Gasteiger partial charge in [-0.05, 0) is 38.8 Å². The van der Waals surface area contributed by atoms with E-state index in [4.69, 9.17) is 0 Å². The van der Waals surface area contributed by atoms with Crippen LogP contribution in [0.5, 0.6) is 0 Å². The Hall–Kier alpha value is -2.12. The maximum Gasteiger partial charge on any atom is 0.251 e. The molecule has 1 atom stereocenters. The van der Waals surface area contributed by atoms with Crippen molar-refractivity contribution in [2.45, 2.75) is 38.3 Å². The molecule has 1 aliphatic heterocycles. The number of piperidine rings is 1. The molecule has 0 saturated carbocycles. The molecule has 0 amide bonds. The van der Waals surface area contributed by atoms with E-state index >= 15 is 0 Å². The van der Waals surface area contributed by atoms with Gasteiger partial charge in [0.1, 0.15) is 17.5 Å². The number of hydrogen-bond donors (Lipinski definition) is 2. The molecule has 1 aromatic carbocycles. The molecule has 0 aliphatic carbocycles. The number of nitrogens with one attached hydrogen (secondary N) is 1. The molecule has 25 heavy (non-hydrogen) atoms. The normalized spacial score (nSPS) is 18.9. The van der Waals surface area contributed by atoms with Crippen molar-refractivity contribution in [3.63, 3.8) is 0 Å². The first-order valence-electron chi connectivity index (χ1n) is 8.29. The summed E-state index contributed by atoms with van der Waals surface area (Å²) in [5.74, 6) is -0.908. The van der Waals surface area contributed by atoms with Gasteiger partial charge >= 0.3 is 0 Å². The zero-order valence-electron chi connectivity index (χ0n) is 14.2. The van der Waals surface area contributed by atoms with Crippen LogP contribution in [0.3, 0.4) is 0 Å². The average Bonchev–Trinajstić information content (AvgIpc) is 2.53. The van der Waals surface area contributed by atoms with Gasteiger partial charge in [0.05, 0.1) is 17.2 Å². The van der Waals surface area contributed by atoms with Crippen molar-refractivity contribution in [1.82, 2.24) is 14.9 Å². The predicted molar refractivity (Wildman–Crippen MR) is 89.1 cm³/mol. The second-order valence-corrected chi connectivity index (χ2v) is 6.61. The van der Waals surface area contributed by atoms with Crippen molar-refractivity contribution in [3.8, 4) is 0 Å². The zero-order chi connectivity index (χ0) is 18.2. The van der Waals surface area contributed by atoms with Gasteiger partial charge in [0.2, 0.25) is 0 Å². The molecular formula is C18H21F2N3O2. The highest BCUT2D eigenvalue weighted by Gasteiger charge is 2.39. The Labute approximate surface area is 144 Å². The number of nitrogens with zero attached hydrogens (tertiary/aromatic N) is 2. The van der Waals surface area contributed by atoms with Crippen LogP contribution in [0.1, 0.15) is 42.9 Å². The lowest BCUT2D eigenvalue weighted by atomic mass is 9.83. The van der Waals surface area contributed by atoms with Crippen molar-refractivity contribution in [2.75, 3.05) is 13.1 Å². The molecule has 7 heteroatoms. The SMILES string of the molecule is Cc1cc(=O)[nH]c([C@@H](C)N2CCC(O)(c3c(F)cccc3F)CC2)n1. The summed E-state index contributed by atoms with van der Waals surface area (Å²) in [6, 6.07) is 4.86. The van der Waals surface area contributed by atoms with Crippen molar-refractivity contribution < 1.29 is 13.9 Å². The Morgan fingerprint density at radius 1 is 1.28 bits per heavy atom. The summed E-state index contributed by atoms with van der Waals surface area (Å²) in [5, 5.41) is 10.8. The first-order chi connectivity index (χ1) is 11.8. The third kappa shape index (κ3) is 3.48. The lowest BCUT2D eigenvalue weighted by molar-refractivity contribution is -0.0400. The molecule has 5 nitrogen and oxygen atoms in total. The van der Waals surface area contributed by atoms with Gasteiger partial charge in [0.25, 0.3) is 5.56 Å². The molecule has 0 radical (unpaired) electrons. The molecule has 1 saturated heterocycles. The van der Waals surface area contributed by atoms with Crippen LogP contribution < -0.4 is 5.56 Å². The first kappa shape index (κ1) is 17.7. The van der Waals surface area contributed by atoms with Crippen LogP contribution in [0.2, 0.25) is 0 Å². The summed E-state index contributed by atoms with van der Waals surface area (Å²) >= 11 is 0. The zero-order valence-corrected chi connectivity index (χ0v) is 14.2. The van der Waals surface area contributed by atoms with Crippen LogP contribution in [-0.2, 0) is 5.60 Å². The van der Waals surface area contributed by atoms with Gasteiger partial charge in [-0.25, -0.2) is 13.8 Å². The largest absolute Gasteiger partial charge is 0.385 e. The van der Waals surface area contributed by atoms with E-state index in [2.05, 4.69) is 9.97 Å². The summed E-state index contributed by atoms with van der Waals surface area (Å²) in [5.41, 5.74) is -1.37. The molecule has 0 spiro atoms. The van der Waals surface area contributed by atoms with E-state index in [-0.39, 0.29) is 30.0 Å². The topological polar surface area (TPSA) is 69.2 Å².